The van der Waals surface area contributed by atoms with Gasteiger partial charge in [-0.15, -0.1) is 0 Å². The highest BCUT2D eigenvalue weighted by Gasteiger charge is 2.30. The quantitative estimate of drug-likeness (QED) is 0.824. The molecule has 110 valence electrons. The zero-order chi connectivity index (χ0) is 14.5. The standard InChI is InChI=1S/C16H24N2O2/c1-17(2)9-4-10-18-12-14(11-16(18)19)13-5-7-15(20-3)8-6-13/h5-8,14H,4,9-12H2,1-3H3/p+1. The second kappa shape index (κ2) is 6.75. The van der Waals surface area contributed by atoms with E-state index in [0.717, 1.165) is 31.8 Å². The molecule has 1 aliphatic heterocycles. The van der Waals surface area contributed by atoms with E-state index in [2.05, 4.69) is 26.2 Å². The number of rotatable bonds is 6. The molecule has 1 N–H and O–H groups in total. The summed E-state index contributed by atoms with van der Waals surface area (Å²) < 4.78 is 5.17. The van der Waals surface area contributed by atoms with Crippen LogP contribution in [0, 0.1) is 0 Å². The van der Waals surface area contributed by atoms with E-state index in [1.165, 1.54) is 10.5 Å². The average Bonchev–Trinajstić information content (AvgIpc) is 2.80. The van der Waals surface area contributed by atoms with Crippen LogP contribution in [-0.4, -0.2) is 51.6 Å². The normalized spacial score (nSPS) is 18.9. The molecule has 1 atom stereocenters. The fourth-order valence-corrected chi connectivity index (χ4v) is 2.71. The summed E-state index contributed by atoms with van der Waals surface area (Å²) in [5.74, 6) is 1.49. The van der Waals surface area contributed by atoms with Crippen molar-refractivity contribution in [3.63, 3.8) is 0 Å². The van der Waals surface area contributed by atoms with Gasteiger partial charge < -0.3 is 14.5 Å². The van der Waals surface area contributed by atoms with E-state index in [4.69, 9.17) is 4.74 Å². The van der Waals surface area contributed by atoms with E-state index in [0.29, 0.717) is 18.2 Å². The number of hydrogen-bond donors (Lipinski definition) is 1. The number of nitrogens with zero attached hydrogens (tertiary/aromatic N) is 1. The van der Waals surface area contributed by atoms with Crippen molar-refractivity contribution in [2.24, 2.45) is 0 Å². The molecule has 4 nitrogen and oxygen atoms in total. The number of quaternary nitrogens is 1. The molecule has 20 heavy (non-hydrogen) atoms. The Morgan fingerprint density at radius 2 is 2.00 bits per heavy atom. The topological polar surface area (TPSA) is 34.0 Å². The van der Waals surface area contributed by atoms with E-state index in [-0.39, 0.29) is 0 Å². The number of amides is 1. The molecule has 0 aromatic heterocycles. The maximum Gasteiger partial charge on any atom is 0.223 e. The first-order chi connectivity index (χ1) is 9.60. The third kappa shape index (κ3) is 3.73. The second-order valence-corrected chi connectivity index (χ2v) is 5.82. The lowest BCUT2D eigenvalue weighted by molar-refractivity contribution is -0.858. The van der Waals surface area contributed by atoms with Crippen molar-refractivity contribution in [1.82, 2.24) is 4.90 Å². The summed E-state index contributed by atoms with van der Waals surface area (Å²) in [6.07, 6.45) is 1.71. The Bertz CT molecular complexity index is 442. The highest BCUT2D eigenvalue weighted by atomic mass is 16.5. The van der Waals surface area contributed by atoms with Gasteiger partial charge in [0.1, 0.15) is 5.75 Å². The molecule has 4 heteroatoms. The van der Waals surface area contributed by atoms with Crippen LogP contribution in [0.3, 0.4) is 0 Å². The molecule has 0 radical (unpaired) electrons. The van der Waals surface area contributed by atoms with Gasteiger partial charge in [-0.05, 0) is 17.7 Å². The smallest absolute Gasteiger partial charge is 0.223 e. The zero-order valence-electron chi connectivity index (χ0n) is 12.7. The van der Waals surface area contributed by atoms with E-state index >= 15 is 0 Å². The number of ether oxygens (including phenoxy) is 1. The SMILES string of the molecule is COc1ccc(C2CC(=O)N(CCC[NH+](C)C)C2)cc1. The van der Waals surface area contributed by atoms with Gasteiger partial charge in [0, 0.05) is 31.8 Å². The van der Waals surface area contributed by atoms with Crippen LogP contribution in [0.1, 0.15) is 24.3 Å². The monoisotopic (exact) mass is 277 g/mol. The number of nitrogens with one attached hydrogen (secondary N) is 1. The number of methoxy groups -OCH3 is 1. The van der Waals surface area contributed by atoms with Gasteiger partial charge in [0.25, 0.3) is 0 Å². The van der Waals surface area contributed by atoms with Crippen LogP contribution in [0.4, 0.5) is 0 Å². The fourth-order valence-electron chi connectivity index (χ4n) is 2.71. The molecule has 1 amide bonds. The maximum atomic E-state index is 12.1. The highest BCUT2D eigenvalue weighted by Crippen LogP contribution is 2.29. The zero-order valence-corrected chi connectivity index (χ0v) is 12.7. The summed E-state index contributed by atoms with van der Waals surface area (Å²) in [7, 11) is 5.96. The first-order valence-corrected chi connectivity index (χ1v) is 7.31. The van der Waals surface area contributed by atoms with Crippen LogP contribution in [0.25, 0.3) is 0 Å². The van der Waals surface area contributed by atoms with Crippen molar-refractivity contribution in [3.05, 3.63) is 29.8 Å². The lowest BCUT2D eigenvalue weighted by Gasteiger charge is -2.17. The van der Waals surface area contributed by atoms with Crippen LogP contribution in [-0.2, 0) is 4.79 Å². The van der Waals surface area contributed by atoms with Crippen molar-refractivity contribution in [1.29, 1.82) is 0 Å². The predicted molar refractivity (Wildman–Crippen MR) is 79.2 cm³/mol. The van der Waals surface area contributed by atoms with Gasteiger partial charge in [-0.1, -0.05) is 12.1 Å². The minimum absolute atomic E-state index is 0.291. The molecule has 1 aromatic carbocycles. The number of likely N-dealkylation sites (tertiary alicyclic amines) is 1. The van der Waals surface area contributed by atoms with E-state index in [1.54, 1.807) is 7.11 Å². The van der Waals surface area contributed by atoms with E-state index in [1.807, 2.05) is 17.0 Å². The molecule has 1 saturated heterocycles. The second-order valence-electron chi connectivity index (χ2n) is 5.82. The number of carbonyl (C=O) groups excluding carboxylic acids is 1. The summed E-state index contributed by atoms with van der Waals surface area (Å²) in [6.45, 7) is 2.85. The van der Waals surface area contributed by atoms with Crippen LogP contribution >= 0.6 is 0 Å². The van der Waals surface area contributed by atoms with E-state index in [9.17, 15) is 4.79 Å². The lowest BCUT2D eigenvalue weighted by atomic mass is 9.98. The lowest BCUT2D eigenvalue weighted by Crippen LogP contribution is -3.05. The molecular weight excluding hydrogens is 252 g/mol. The molecular formula is C16H25N2O2+. The van der Waals surface area contributed by atoms with Gasteiger partial charge in [0.15, 0.2) is 0 Å². The number of benzene rings is 1. The first kappa shape index (κ1) is 14.9. The molecule has 1 fully saturated rings. The predicted octanol–water partition coefficient (Wildman–Crippen LogP) is 0.546. The Hall–Kier alpha value is -1.55. The Labute approximate surface area is 121 Å². The maximum absolute atomic E-state index is 12.1. The Balaban J connectivity index is 1.90. The van der Waals surface area contributed by atoms with Crippen molar-refractivity contribution in [2.45, 2.75) is 18.8 Å². The van der Waals surface area contributed by atoms with Crippen LogP contribution < -0.4 is 9.64 Å². The fraction of sp³-hybridized carbons (Fsp3) is 0.562. The van der Waals surface area contributed by atoms with Crippen LogP contribution in [0.2, 0.25) is 0 Å². The van der Waals surface area contributed by atoms with Gasteiger partial charge in [-0.2, -0.15) is 0 Å². The van der Waals surface area contributed by atoms with Crippen molar-refractivity contribution >= 4 is 5.91 Å². The average molecular weight is 277 g/mol. The van der Waals surface area contributed by atoms with Gasteiger partial charge in [-0.3, -0.25) is 4.79 Å². The molecule has 1 heterocycles. The van der Waals surface area contributed by atoms with Crippen molar-refractivity contribution in [2.75, 3.05) is 40.8 Å². The molecule has 1 aromatic rings. The third-order valence-corrected chi connectivity index (χ3v) is 3.91. The Kier molecular flexibility index (Phi) is 5.01. The Morgan fingerprint density at radius 3 is 2.60 bits per heavy atom. The molecule has 1 unspecified atom stereocenters. The van der Waals surface area contributed by atoms with Crippen LogP contribution in [0.15, 0.2) is 24.3 Å². The molecule has 0 saturated carbocycles. The number of carbonyl (C=O) groups is 1. The third-order valence-electron chi connectivity index (χ3n) is 3.91. The molecule has 0 aliphatic carbocycles. The molecule has 1 aliphatic rings. The van der Waals surface area contributed by atoms with Crippen molar-refractivity contribution in [3.8, 4) is 5.75 Å². The summed E-state index contributed by atoms with van der Waals surface area (Å²) >= 11 is 0. The molecule has 0 bridgehead atoms. The summed E-state index contributed by atoms with van der Waals surface area (Å²) in [4.78, 5) is 15.5. The summed E-state index contributed by atoms with van der Waals surface area (Å²) in [5.41, 5.74) is 1.24. The summed E-state index contributed by atoms with van der Waals surface area (Å²) in [6, 6.07) is 8.09. The minimum Gasteiger partial charge on any atom is -0.497 e. The van der Waals surface area contributed by atoms with Gasteiger partial charge in [-0.25, -0.2) is 0 Å². The molecule has 0 spiro atoms. The first-order valence-electron chi connectivity index (χ1n) is 7.31. The minimum atomic E-state index is 0.291. The van der Waals surface area contributed by atoms with Crippen LogP contribution in [0.5, 0.6) is 5.75 Å². The van der Waals surface area contributed by atoms with Gasteiger partial charge >= 0.3 is 0 Å². The van der Waals surface area contributed by atoms with E-state index < -0.39 is 0 Å². The largest absolute Gasteiger partial charge is 0.497 e. The van der Waals surface area contributed by atoms with Gasteiger partial charge in [0.2, 0.25) is 5.91 Å². The summed E-state index contributed by atoms with van der Waals surface area (Å²) in [5, 5.41) is 0. The number of hydrogen-bond acceptors (Lipinski definition) is 2. The van der Waals surface area contributed by atoms with Gasteiger partial charge in [0.05, 0.1) is 27.7 Å². The molecule has 2 rings (SSSR count). The Morgan fingerprint density at radius 1 is 1.30 bits per heavy atom. The van der Waals surface area contributed by atoms with Crippen molar-refractivity contribution < 1.29 is 14.4 Å². The highest BCUT2D eigenvalue weighted by molar-refractivity contribution is 5.79.